The molecule has 0 amide bonds. The monoisotopic (exact) mass is 434 g/mol. The first kappa shape index (κ1) is 21.7. The normalized spacial score (nSPS) is 27.5. The molecule has 1 aromatic carbocycles. The molecule has 5 rings (SSSR count). The van der Waals surface area contributed by atoms with Crippen molar-refractivity contribution in [3.63, 3.8) is 0 Å². The molecule has 3 heterocycles. The number of hydrogen-bond acceptors (Lipinski definition) is 4. The molecular weight excluding hydrogens is 396 g/mol. The van der Waals surface area contributed by atoms with Crippen molar-refractivity contribution >= 4 is 11.5 Å². The van der Waals surface area contributed by atoms with E-state index >= 15 is 0 Å². The van der Waals surface area contributed by atoms with Crippen molar-refractivity contribution in [1.82, 2.24) is 4.90 Å². The summed E-state index contributed by atoms with van der Waals surface area (Å²) in [5.74, 6) is 1.08. The number of rotatable bonds is 5. The molecule has 0 spiro atoms. The van der Waals surface area contributed by atoms with Gasteiger partial charge in [0.25, 0.3) is 0 Å². The number of anilines is 1. The zero-order valence-electron chi connectivity index (χ0n) is 19.9. The molecule has 172 valence electrons. The molecule has 0 N–H and O–H groups in total. The summed E-state index contributed by atoms with van der Waals surface area (Å²) in [7, 11) is 0. The zero-order chi connectivity index (χ0) is 22.2. The quantitative estimate of drug-likeness (QED) is 0.461. The summed E-state index contributed by atoms with van der Waals surface area (Å²) in [6.07, 6.45) is 12.6. The molecular formula is C27H38N4O. The maximum Gasteiger partial charge on any atom is 0.104 e. The largest absolute Gasteiger partial charge is 0.633 e. The van der Waals surface area contributed by atoms with Crippen LogP contribution in [0.4, 0.5) is 5.69 Å². The van der Waals surface area contributed by atoms with Crippen LogP contribution in [0.3, 0.4) is 0 Å². The van der Waals surface area contributed by atoms with Gasteiger partial charge in [0, 0.05) is 37.4 Å². The molecule has 1 atom stereocenters. The standard InChI is InChI=1S/C27H38N4O/c1-22-28-27(2)19-24(21-31(32)16-7-4-8-17-31)12-13-26(27)30(22)20-23-10-9-11-25(18-23)29-14-5-3-6-15-29/h9-13,18H,3-8,14-17,19-21H2,1-2H3. The number of nitrogens with zero attached hydrogens (tertiary/aromatic N) is 4. The fourth-order valence-corrected chi connectivity index (χ4v) is 6.15. The van der Waals surface area contributed by atoms with Crippen molar-refractivity contribution in [2.75, 3.05) is 37.6 Å². The Kier molecular flexibility index (Phi) is 5.89. The van der Waals surface area contributed by atoms with E-state index in [1.807, 2.05) is 0 Å². The summed E-state index contributed by atoms with van der Waals surface area (Å²) >= 11 is 0. The lowest BCUT2D eigenvalue weighted by Gasteiger charge is -2.47. The van der Waals surface area contributed by atoms with E-state index in [0.29, 0.717) is 6.54 Å². The highest BCUT2D eigenvalue weighted by Crippen LogP contribution is 2.41. The van der Waals surface area contributed by atoms with Gasteiger partial charge in [-0.25, -0.2) is 0 Å². The predicted molar refractivity (Wildman–Crippen MR) is 132 cm³/mol. The van der Waals surface area contributed by atoms with Gasteiger partial charge in [0.1, 0.15) is 17.9 Å². The Hall–Kier alpha value is -2.11. The van der Waals surface area contributed by atoms with Gasteiger partial charge in [-0.3, -0.25) is 4.99 Å². The molecule has 1 aromatic rings. The van der Waals surface area contributed by atoms with E-state index in [2.05, 4.69) is 60.1 Å². The van der Waals surface area contributed by atoms with Gasteiger partial charge in [0.15, 0.2) is 0 Å². The highest BCUT2D eigenvalue weighted by molar-refractivity contribution is 5.86. The zero-order valence-corrected chi connectivity index (χ0v) is 19.9. The van der Waals surface area contributed by atoms with Crippen molar-refractivity contribution in [3.05, 3.63) is 58.5 Å². The third kappa shape index (κ3) is 4.38. The number of allylic oxidation sites excluding steroid dienone is 2. The van der Waals surface area contributed by atoms with Crippen molar-refractivity contribution in [3.8, 4) is 0 Å². The highest BCUT2D eigenvalue weighted by Gasteiger charge is 2.42. The topological polar surface area (TPSA) is 41.9 Å². The summed E-state index contributed by atoms with van der Waals surface area (Å²) in [5, 5.41) is 13.1. The molecule has 5 heteroatoms. The fraction of sp³-hybridized carbons (Fsp3) is 0.593. The van der Waals surface area contributed by atoms with Crippen molar-refractivity contribution in [1.29, 1.82) is 0 Å². The van der Waals surface area contributed by atoms with Gasteiger partial charge < -0.3 is 19.7 Å². The van der Waals surface area contributed by atoms with E-state index in [1.165, 1.54) is 61.3 Å². The number of piperidine rings is 2. The second kappa shape index (κ2) is 8.68. The Labute approximate surface area is 193 Å². The smallest absolute Gasteiger partial charge is 0.104 e. The number of quaternary nitrogens is 1. The summed E-state index contributed by atoms with van der Waals surface area (Å²) in [6, 6.07) is 9.05. The second-order valence-corrected chi connectivity index (χ2v) is 10.5. The molecule has 3 aliphatic heterocycles. The number of benzene rings is 1. The van der Waals surface area contributed by atoms with Crippen molar-refractivity contribution < 1.29 is 4.65 Å². The lowest BCUT2D eigenvalue weighted by Crippen LogP contribution is -2.48. The van der Waals surface area contributed by atoms with Crippen LogP contribution in [0, 0.1) is 5.21 Å². The number of aliphatic imine (C=N–C) groups is 1. The number of hydroxylamine groups is 3. The van der Waals surface area contributed by atoms with Crippen molar-refractivity contribution in [2.45, 2.75) is 70.9 Å². The van der Waals surface area contributed by atoms with E-state index in [1.54, 1.807) is 0 Å². The molecule has 0 bridgehead atoms. The van der Waals surface area contributed by atoms with E-state index < -0.39 is 0 Å². The van der Waals surface area contributed by atoms with E-state index in [-0.39, 0.29) is 10.2 Å². The van der Waals surface area contributed by atoms with Gasteiger partial charge in [-0.1, -0.05) is 18.2 Å². The van der Waals surface area contributed by atoms with Crippen LogP contribution in [-0.4, -0.2) is 53.6 Å². The highest BCUT2D eigenvalue weighted by atomic mass is 16.5. The summed E-state index contributed by atoms with van der Waals surface area (Å²) < 4.78 is -0.0409. The maximum absolute atomic E-state index is 13.1. The molecule has 0 saturated carbocycles. The molecule has 4 aliphatic rings. The van der Waals surface area contributed by atoms with Gasteiger partial charge in [0.05, 0.1) is 13.1 Å². The van der Waals surface area contributed by atoms with Crippen LogP contribution in [0.5, 0.6) is 0 Å². The minimum absolute atomic E-state index is 0.0409. The van der Waals surface area contributed by atoms with Crippen LogP contribution in [0.25, 0.3) is 0 Å². The first-order valence-electron chi connectivity index (χ1n) is 12.6. The van der Waals surface area contributed by atoms with E-state index in [4.69, 9.17) is 4.99 Å². The van der Waals surface area contributed by atoms with Gasteiger partial charge in [0.2, 0.25) is 0 Å². The van der Waals surface area contributed by atoms with Crippen LogP contribution in [0.1, 0.15) is 64.4 Å². The first-order chi connectivity index (χ1) is 15.4. The van der Waals surface area contributed by atoms with Gasteiger partial charge in [-0.05, 0) is 81.7 Å². The Morgan fingerprint density at radius 1 is 1.03 bits per heavy atom. The lowest BCUT2D eigenvalue weighted by molar-refractivity contribution is -0.880. The molecule has 1 aliphatic carbocycles. The predicted octanol–water partition coefficient (Wildman–Crippen LogP) is 5.38. The lowest BCUT2D eigenvalue weighted by atomic mass is 9.85. The molecule has 32 heavy (non-hydrogen) atoms. The second-order valence-electron chi connectivity index (χ2n) is 10.5. The van der Waals surface area contributed by atoms with Crippen LogP contribution in [-0.2, 0) is 6.54 Å². The Balaban J connectivity index is 1.33. The molecule has 1 unspecified atom stereocenters. The van der Waals surface area contributed by atoms with Gasteiger partial charge in [-0.15, -0.1) is 0 Å². The molecule has 2 saturated heterocycles. The number of amidine groups is 1. The SMILES string of the molecule is CC1=NC2(C)CC(C[N+]3([O-])CCCCC3)=CC=C2N1Cc1cccc(N2CCCCC2)c1. The average Bonchev–Trinajstić information content (AvgIpc) is 3.03. The summed E-state index contributed by atoms with van der Waals surface area (Å²) in [6.45, 7) is 9.73. The third-order valence-electron chi connectivity index (χ3n) is 7.78. The minimum atomic E-state index is -0.242. The summed E-state index contributed by atoms with van der Waals surface area (Å²) in [5.41, 5.74) is 4.98. The van der Waals surface area contributed by atoms with Crippen LogP contribution in [0.15, 0.2) is 52.7 Å². The third-order valence-corrected chi connectivity index (χ3v) is 7.78. The number of fused-ring (bicyclic) bond motifs is 1. The molecule has 2 fully saturated rings. The van der Waals surface area contributed by atoms with E-state index in [0.717, 1.165) is 44.7 Å². The van der Waals surface area contributed by atoms with Crippen LogP contribution >= 0.6 is 0 Å². The maximum atomic E-state index is 13.1. The van der Waals surface area contributed by atoms with Gasteiger partial charge >= 0.3 is 0 Å². The minimum Gasteiger partial charge on any atom is -0.633 e. The number of hydrogen-bond donors (Lipinski definition) is 0. The van der Waals surface area contributed by atoms with Crippen LogP contribution < -0.4 is 4.90 Å². The number of likely N-dealkylation sites (tertiary alicyclic amines) is 1. The van der Waals surface area contributed by atoms with E-state index in [9.17, 15) is 5.21 Å². The van der Waals surface area contributed by atoms with Crippen molar-refractivity contribution in [2.24, 2.45) is 4.99 Å². The Morgan fingerprint density at radius 2 is 1.78 bits per heavy atom. The summed E-state index contributed by atoms with van der Waals surface area (Å²) in [4.78, 5) is 10.0. The Bertz CT molecular complexity index is 937. The average molecular weight is 435 g/mol. The van der Waals surface area contributed by atoms with Crippen LogP contribution in [0.2, 0.25) is 0 Å². The fourth-order valence-electron chi connectivity index (χ4n) is 6.15. The molecule has 0 radical (unpaired) electrons. The molecule has 5 nitrogen and oxygen atoms in total. The van der Waals surface area contributed by atoms with Gasteiger partial charge in [-0.2, -0.15) is 0 Å². The first-order valence-corrected chi connectivity index (χ1v) is 12.6. The molecule has 0 aromatic heterocycles. The Morgan fingerprint density at radius 3 is 2.56 bits per heavy atom.